The van der Waals surface area contributed by atoms with Crippen LogP contribution in [0, 0.1) is 5.82 Å². The Morgan fingerprint density at radius 3 is 2.16 bits per heavy atom. The first-order valence-corrected chi connectivity index (χ1v) is 7.27. The maximum absolute atomic E-state index is 12.9. The van der Waals surface area contributed by atoms with E-state index in [1.54, 1.807) is 17.8 Å². The van der Waals surface area contributed by atoms with Crippen molar-refractivity contribution in [1.29, 1.82) is 0 Å². The molecule has 1 heterocycles. The van der Waals surface area contributed by atoms with Crippen LogP contribution < -0.4 is 4.90 Å². The number of allylic oxidation sites excluding steroid dienone is 2. The van der Waals surface area contributed by atoms with Crippen LogP contribution in [0.5, 0.6) is 0 Å². The van der Waals surface area contributed by atoms with Gasteiger partial charge in [-0.1, -0.05) is 6.08 Å². The summed E-state index contributed by atoms with van der Waals surface area (Å²) < 4.78 is 12.9. The summed E-state index contributed by atoms with van der Waals surface area (Å²) in [5.41, 5.74) is 2.68. The first-order chi connectivity index (χ1) is 9.33. The van der Waals surface area contributed by atoms with Crippen molar-refractivity contribution >= 4 is 5.69 Å². The summed E-state index contributed by atoms with van der Waals surface area (Å²) in [5, 5.41) is 0. The lowest BCUT2D eigenvalue weighted by Gasteiger charge is -2.39. The molecule has 0 aromatic heterocycles. The molecule has 1 saturated heterocycles. The average Bonchev–Trinajstić information content (AvgIpc) is 2.49. The second kappa shape index (κ2) is 5.64. The van der Waals surface area contributed by atoms with Crippen molar-refractivity contribution in [3.05, 3.63) is 41.9 Å². The molecule has 1 aromatic rings. The van der Waals surface area contributed by atoms with E-state index in [2.05, 4.69) is 15.9 Å². The van der Waals surface area contributed by atoms with Crippen molar-refractivity contribution in [3.8, 4) is 0 Å². The predicted octanol–water partition coefficient (Wildman–Crippen LogP) is 3.41. The van der Waals surface area contributed by atoms with E-state index in [0.717, 1.165) is 31.9 Å². The molecule has 1 fully saturated rings. The SMILES string of the molecule is Fc1ccc(N2CCN(C3=CCCCC3)CC2)cc1. The molecule has 0 spiro atoms. The molecule has 0 N–H and O–H groups in total. The Labute approximate surface area is 114 Å². The number of piperazine rings is 1. The van der Waals surface area contributed by atoms with Crippen LogP contribution in [0.25, 0.3) is 0 Å². The Balaban J connectivity index is 1.60. The summed E-state index contributed by atoms with van der Waals surface area (Å²) in [5.74, 6) is -0.158. The minimum Gasteiger partial charge on any atom is -0.372 e. The molecular weight excluding hydrogens is 239 g/mol. The molecule has 3 rings (SSSR count). The lowest BCUT2D eigenvalue weighted by Crippen LogP contribution is -2.46. The average molecular weight is 260 g/mol. The van der Waals surface area contributed by atoms with E-state index in [4.69, 9.17) is 0 Å². The summed E-state index contributed by atoms with van der Waals surface area (Å²) in [6.45, 7) is 4.23. The molecule has 0 radical (unpaired) electrons. The van der Waals surface area contributed by atoms with E-state index in [-0.39, 0.29) is 5.82 Å². The Hall–Kier alpha value is -1.51. The van der Waals surface area contributed by atoms with Gasteiger partial charge in [-0.15, -0.1) is 0 Å². The zero-order valence-electron chi connectivity index (χ0n) is 11.3. The molecule has 102 valence electrons. The van der Waals surface area contributed by atoms with Crippen molar-refractivity contribution in [2.75, 3.05) is 31.1 Å². The summed E-state index contributed by atoms with van der Waals surface area (Å²) in [6.07, 6.45) is 7.59. The molecule has 19 heavy (non-hydrogen) atoms. The molecule has 2 aliphatic rings. The van der Waals surface area contributed by atoms with Gasteiger partial charge in [-0.05, 0) is 49.9 Å². The number of hydrogen-bond donors (Lipinski definition) is 0. The molecule has 0 unspecified atom stereocenters. The Morgan fingerprint density at radius 2 is 1.53 bits per heavy atom. The van der Waals surface area contributed by atoms with Crippen molar-refractivity contribution in [2.24, 2.45) is 0 Å². The van der Waals surface area contributed by atoms with Crippen molar-refractivity contribution < 1.29 is 4.39 Å². The smallest absolute Gasteiger partial charge is 0.123 e. The number of anilines is 1. The quantitative estimate of drug-likeness (QED) is 0.804. The third-order valence-corrected chi connectivity index (χ3v) is 4.14. The fraction of sp³-hybridized carbons (Fsp3) is 0.500. The zero-order chi connectivity index (χ0) is 13.1. The van der Waals surface area contributed by atoms with E-state index in [1.807, 2.05) is 12.1 Å². The van der Waals surface area contributed by atoms with Crippen molar-refractivity contribution in [1.82, 2.24) is 4.90 Å². The van der Waals surface area contributed by atoms with Gasteiger partial charge < -0.3 is 9.80 Å². The maximum atomic E-state index is 12.9. The van der Waals surface area contributed by atoms with E-state index in [0.29, 0.717) is 0 Å². The van der Waals surface area contributed by atoms with Crippen LogP contribution in [-0.4, -0.2) is 31.1 Å². The topological polar surface area (TPSA) is 6.48 Å². The molecule has 2 nitrogen and oxygen atoms in total. The molecule has 1 aliphatic carbocycles. The van der Waals surface area contributed by atoms with Gasteiger partial charge in [0.2, 0.25) is 0 Å². The molecule has 0 saturated carbocycles. The van der Waals surface area contributed by atoms with Crippen LogP contribution in [-0.2, 0) is 0 Å². The van der Waals surface area contributed by atoms with Crippen LogP contribution in [0.3, 0.4) is 0 Å². The van der Waals surface area contributed by atoms with Gasteiger partial charge in [0.05, 0.1) is 0 Å². The third kappa shape index (κ3) is 2.91. The fourth-order valence-electron chi connectivity index (χ4n) is 3.01. The van der Waals surface area contributed by atoms with E-state index in [1.165, 1.54) is 25.7 Å². The van der Waals surface area contributed by atoms with Crippen molar-refractivity contribution in [3.63, 3.8) is 0 Å². The molecular formula is C16H21FN2. The minimum absolute atomic E-state index is 0.158. The van der Waals surface area contributed by atoms with Crippen molar-refractivity contribution in [2.45, 2.75) is 25.7 Å². The largest absolute Gasteiger partial charge is 0.372 e. The van der Waals surface area contributed by atoms with Gasteiger partial charge in [0, 0.05) is 37.6 Å². The Kier molecular flexibility index (Phi) is 3.72. The zero-order valence-corrected chi connectivity index (χ0v) is 11.3. The normalized spacial score (nSPS) is 20.4. The lowest BCUT2D eigenvalue weighted by atomic mass is 10.0. The van der Waals surface area contributed by atoms with Crippen LogP contribution in [0.1, 0.15) is 25.7 Å². The highest BCUT2D eigenvalue weighted by molar-refractivity contribution is 5.46. The first-order valence-electron chi connectivity index (χ1n) is 7.27. The second-order valence-corrected chi connectivity index (χ2v) is 5.39. The summed E-state index contributed by atoms with van der Waals surface area (Å²) in [4.78, 5) is 4.87. The second-order valence-electron chi connectivity index (χ2n) is 5.39. The van der Waals surface area contributed by atoms with E-state index < -0.39 is 0 Å². The predicted molar refractivity (Wildman–Crippen MR) is 76.7 cm³/mol. The maximum Gasteiger partial charge on any atom is 0.123 e. The van der Waals surface area contributed by atoms with Crippen LogP contribution in [0.2, 0.25) is 0 Å². The number of halogens is 1. The van der Waals surface area contributed by atoms with Crippen LogP contribution >= 0.6 is 0 Å². The standard InChI is InChI=1S/C16H21FN2/c17-14-6-8-16(9-7-14)19-12-10-18(11-13-19)15-4-2-1-3-5-15/h4,6-9H,1-3,5,10-13H2. The number of hydrogen-bond acceptors (Lipinski definition) is 2. The first kappa shape index (κ1) is 12.5. The molecule has 0 bridgehead atoms. The fourth-order valence-corrected chi connectivity index (χ4v) is 3.01. The Morgan fingerprint density at radius 1 is 0.842 bits per heavy atom. The van der Waals surface area contributed by atoms with Gasteiger partial charge in [0.15, 0.2) is 0 Å². The summed E-state index contributed by atoms with van der Waals surface area (Å²) >= 11 is 0. The summed E-state index contributed by atoms with van der Waals surface area (Å²) in [7, 11) is 0. The van der Waals surface area contributed by atoms with Gasteiger partial charge in [0.1, 0.15) is 5.82 Å². The number of nitrogens with zero attached hydrogens (tertiary/aromatic N) is 2. The monoisotopic (exact) mass is 260 g/mol. The Bertz CT molecular complexity index is 444. The van der Waals surface area contributed by atoms with Gasteiger partial charge in [-0.3, -0.25) is 0 Å². The molecule has 3 heteroatoms. The van der Waals surface area contributed by atoms with Crippen LogP contribution in [0.15, 0.2) is 36.0 Å². The highest BCUT2D eigenvalue weighted by Crippen LogP contribution is 2.24. The van der Waals surface area contributed by atoms with Gasteiger partial charge in [-0.25, -0.2) is 4.39 Å². The molecule has 0 atom stereocenters. The van der Waals surface area contributed by atoms with E-state index in [9.17, 15) is 4.39 Å². The highest BCUT2D eigenvalue weighted by Gasteiger charge is 2.19. The van der Waals surface area contributed by atoms with Crippen LogP contribution in [0.4, 0.5) is 10.1 Å². The van der Waals surface area contributed by atoms with Gasteiger partial charge in [0.25, 0.3) is 0 Å². The minimum atomic E-state index is -0.158. The number of benzene rings is 1. The van der Waals surface area contributed by atoms with Gasteiger partial charge in [-0.2, -0.15) is 0 Å². The highest BCUT2D eigenvalue weighted by atomic mass is 19.1. The lowest BCUT2D eigenvalue weighted by molar-refractivity contribution is 0.303. The number of rotatable bonds is 2. The van der Waals surface area contributed by atoms with E-state index >= 15 is 0 Å². The molecule has 1 aromatic carbocycles. The molecule has 1 aliphatic heterocycles. The van der Waals surface area contributed by atoms with Gasteiger partial charge >= 0.3 is 0 Å². The molecule has 0 amide bonds. The third-order valence-electron chi connectivity index (χ3n) is 4.14. The summed E-state index contributed by atoms with van der Waals surface area (Å²) in [6, 6.07) is 6.85.